The summed E-state index contributed by atoms with van der Waals surface area (Å²) in [6.45, 7) is 10.3. The van der Waals surface area contributed by atoms with Gasteiger partial charge in [0, 0.05) is 13.1 Å². The van der Waals surface area contributed by atoms with Crippen molar-refractivity contribution >= 4 is 11.8 Å². The number of nitrogens with one attached hydrogen (secondary N) is 1. The number of ether oxygens (including phenoxy) is 1. The van der Waals surface area contributed by atoms with Gasteiger partial charge in [0.1, 0.15) is 11.8 Å². The number of rotatable bonds is 8. The van der Waals surface area contributed by atoms with Gasteiger partial charge in [-0.15, -0.1) is 0 Å². The zero-order chi connectivity index (χ0) is 20.7. The number of likely N-dealkylation sites (N-methyl/N-ethyl adjacent to an activating group) is 1. The van der Waals surface area contributed by atoms with E-state index in [-0.39, 0.29) is 18.4 Å². The maximum absolute atomic E-state index is 13.0. The van der Waals surface area contributed by atoms with Gasteiger partial charge in [0.05, 0.1) is 0 Å². The van der Waals surface area contributed by atoms with Crippen LogP contribution in [-0.2, 0) is 16.1 Å². The predicted molar refractivity (Wildman–Crippen MR) is 111 cm³/mol. The van der Waals surface area contributed by atoms with E-state index >= 15 is 0 Å². The summed E-state index contributed by atoms with van der Waals surface area (Å²) < 4.78 is 5.80. The van der Waals surface area contributed by atoms with Gasteiger partial charge in [-0.05, 0) is 62.9 Å². The molecule has 0 aliphatic rings. The molecule has 1 atom stereocenters. The van der Waals surface area contributed by atoms with E-state index in [0.29, 0.717) is 18.8 Å². The molecular weight excluding hydrogens is 352 g/mol. The van der Waals surface area contributed by atoms with Crippen LogP contribution in [0.3, 0.4) is 0 Å². The Kier molecular flexibility index (Phi) is 7.61. The van der Waals surface area contributed by atoms with Crippen molar-refractivity contribution in [2.24, 2.45) is 0 Å². The number of carbonyl (C=O) groups excluding carboxylic acids is 2. The van der Waals surface area contributed by atoms with Crippen molar-refractivity contribution in [2.75, 3.05) is 13.2 Å². The molecule has 0 aromatic heterocycles. The van der Waals surface area contributed by atoms with E-state index in [1.807, 2.05) is 70.2 Å². The average molecular weight is 383 g/mol. The van der Waals surface area contributed by atoms with Crippen molar-refractivity contribution in [1.82, 2.24) is 10.2 Å². The molecule has 0 bridgehead atoms. The Balaban J connectivity index is 2.19. The average Bonchev–Trinajstić information content (AvgIpc) is 2.67. The van der Waals surface area contributed by atoms with Crippen LogP contribution in [0.2, 0.25) is 0 Å². The number of benzene rings is 2. The van der Waals surface area contributed by atoms with Crippen LogP contribution in [0.4, 0.5) is 0 Å². The smallest absolute Gasteiger partial charge is 0.261 e. The van der Waals surface area contributed by atoms with Gasteiger partial charge < -0.3 is 15.0 Å². The summed E-state index contributed by atoms with van der Waals surface area (Å²) in [5.41, 5.74) is 4.14. The van der Waals surface area contributed by atoms with Crippen LogP contribution in [0, 0.1) is 20.8 Å². The summed E-state index contributed by atoms with van der Waals surface area (Å²) in [5, 5.41) is 2.80. The minimum atomic E-state index is -0.589. The third-order valence-corrected chi connectivity index (χ3v) is 4.82. The monoisotopic (exact) mass is 382 g/mol. The Morgan fingerprint density at radius 2 is 1.79 bits per heavy atom. The fraction of sp³-hybridized carbons (Fsp3) is 0.391. The molecule has 2 aromatic rings. The van der Waals surface area contributed by atoms with E-state index in [2.05, 4.69) is 5.32 Å². The lowest BCUT2D eigenvalue weighted by molar-refractivity contribution is -0.142. The van der Waals surface area contributed by atoms with Gasteiger partial charge in [0.15, 0.2) is 6.61 Å². The quantitative estimate of drug-likeness (QED) is 0.760. The molecule has 0 heterocycles. The number of aryl methyl sites for hydroxylation is 3. The molecule has 150 valence electrons. The first-order valence-corrected chi connectivity index (χ1v) is 9.65. The summed E-state index contributed by atoms with van der Waals surface area (Å²) in [5.74, 6) is 0.300. The van der Waals surface area contributed by atoms with E-state index in [9.17, 15) is 9.59 Å². The lowest BCUT2D eigenvalue weighted by Crippen LogP contribution is -2.49. The first-order valence-electron chi connectivity index (χ1n) is 9.65. The minimum absolute atomic E-state index is 0.111. The molecule has 0 aliphatic carbocycles. The standard InChI is InChI=1S/C23H30N2O3/c1-6-24-23(27)19(5)25(14-20-10-8-7-9-17(20)3)22(26)15-28-21-13-16(2)11-12-18(21)4/h7-13,19H,6,14-15H2,1-5H3,(H,24,27). The molecule has 0 saturated carbocycles. The maximum Gasteiger partial charge on any atom is 0.261 e. The van der Waals surface area contributed by atoms with Gasteiger partial charge in [-0.2, -0.15) is 0 Å². The van der Waals surface area contributed by atoms with Gasteiger partial charge >= 0.3 is 0 Å². The first kappa shape index (κ1) is 21.5. The number of hydrogen-bond acceptors (Lipinski definition) is 3. The van der Waals surface area contributed by atoms with Crippen LogP contribution in [-0.4, -0.2) is 35.9 Å². The third-order valence-electron chi connectivity index (χ3n) is 4.82. The summed E-state index contributed by atoms with van der Waals surface area (Å²) >= 11 is 0. The van der Waals surface area contributed by atoms with Crippen LogP contribution in [0.5, 0.6) is 5.75 Å². The van der Waals surface area contributed by atoms with Crippen LogP contribution >= 0.6 is 0 Å². The molecule has 5 nitrogen and oxygen atoms in total. The van der Waals surface area contributed by atoms with Crippen molar-refractivity contribution in [1.29, 1.82) is 0 Å². The third kappa shape index (κ3) is 5.59. The van der Waals surface area contributed by atoms with Crippen LogP contribution < -0.4 is 10.1 Å². The highest BCUT2D eigenvalue weighted by atomic mass is 16.5. The van der Waals surface area contributed by atoms with Gasteiger partial charge in [0.25, 0.3) is 5.91 Å². The molecule has 0 spiro atoms. The van der Waals surface area contributed by atoms with Crippen molar-refractivity contribution in [3.8, 4) is 5.75 Å². The van der Waals surface area contributed by atoms with Gasteiger partial charge in [-0.3, -0.25) is 9.59 Å². The molecule has 1 unspecified atom stereocenters. The van der Waals surface area contributed by atoms with Gasteiger partial charge in [-0.1, -0.05) is 36.4 Å². The predicted octanol–water partition coefficient (Wildman–Crippen LogP) is 3.54. The summed E-state index contributed by atoms with van der Waals surface area (Å²) in [6.07, 6.45) is 0. The highest BCUT2D eigenvalue weighted by molar-refractivity contribution is 5.88. The Morgan fingerprint density at radius 3 is 2.46 bits per heavy atom. The molecule has 5 heteroatoms. The number of amides is 2. The fourth-order valence-corrected chi connectivity index (χ4v) is 2.96. The van der Waals surface area contributed by atoms with Crippen LogP contribution in [0.25, 0.3) is 0 Å². The normalized spacial score (nSPS) is 11.6. The van der Waals surface area contributed by atoms with E-state index in [1.165, 1.54) is 0 Å². The van der Waals surface area contributed by atoms with Crippen molar-refractivity contribution in [3.63, 3.8) is 0 Å². The zero-order valence-electron chi connectivity index (χ0n) is 17.4. The lowest BCUT2D eigenvalue weighted by atomic mass is 10.1. The van der Waals surface area contributed by atoms with Crippen molar-refractivity contribution in [2.45, 2.75) is 47.2 Å². The Labute approximate surface area is 167 Å². The highest BCUT2D eigenvalue weighted by Gasteiger charge is 2.26. The van der Waals surface area contributed by atoms with E-state index in [4.69, 9.17) is 4.74 Å². The zero-order valence-corrected chi connectivity index (χ0v) is 17.4. The van der Waals surface area contributed by atoms with E-state index in [0.717, 1.165) is 22.3 Å². The first-order chi connectivity index (χ1) is 13.3. The molecule has 2 rings (SSSR count). The lowest BCUT2D eigenvalue weighted by Gasteiger charge is -2.29. The van der Waals surface area contributed by atoms with Gasteiger partial charge in [0.2, 0.25) is 5.91 Å². The Bertz CT molecular complexity index is 832. The maximum atomic E-state index is 13.0. The van der Waals surface area contributed by atoms with Crippen LogP contribution in [0.1, 0.15) is 36.1 Å². The second-order valence-corrected chi connectivity index (χ2v) is 7.08. The molecule has 0 aliphatic heterocycles. The summed E-state index contributed by atoms with van der Waals surface area (Å²) in [7, 11) is 0. The molecule has 0 saturated heterocycles. The summed E-state index contributed by atoms with van der Waals surface area (Å²) in [4.78, 5) is 27.0. The van der Waals surface area contributed by atoms with Gasteiger partial charge in [-0.25, -0.2) is 0 Å². The summed E-state index contributed by atoms with van der Waals surface area (Å²) in [6, 6.07) is 13.2. The Morgan fingerprint density at radius 1 is 1.07 bits per heavy atom. The van der Waals surface area contributed by atoms with Crippen LogP contribution in [0.15, 0.2) is 42.5 Å². The molecule has 0 fully saturated rings. The largest absolute Gasteiger partial charge is 0.483 e. The molecular formula is C23H30N2O3. The highest BCUT2D eigenvalue weighted by Crippen LogP contribution is 2.20. The SMILES string of the molecule is CCNC(=O)C(C)N(Cc1ccccc1C)C(=O)COc1cc(C)ccc1C. The molecule has 2 aromatic carbocycles. The number of hydrogen-bond donors (Lipinski definition) is 1. The molecule has 1 N–H and O–H groups in total. The molecule has 2 amide bonds. The second-order valence-electron chi connectivity index (χ2n) is 7.08. The fourth-order valence-electron chi connectivity index (χ4n) is 2.96. The van der Waals surface area contributed by atoms with Crippen molar-refractivity contribution in [3.05, 3.63) is 64.7 Å². The minimum Gasteiger partial charge on any atom is -0.483 e. The van der Waals surface area contributed by atoms with E-state index < -0.39 is 6.04 Å². The molecule has 28 heavy (non-hydrogen) atoms. The topological polar surface area (TPSA) is 58.6 Å². The molecule has 0 radical (unpaired) electrons. The van der Waals surface area contributed by atoms with Crippen molar-refractivity contribution < 1.29 is 14.3 Å². The number of carbonyl (C=O) groups is 2. The van der Waals surface area contributed by atoms with E-state index in [1.54, 1.807) is 11.8 Å². The second kappa shape index (κ2) is 9.93. The number of nitrogens with zero attached hydrogens (tertiary/aromatic N) is 1. The Hall–Kier alpha value is -2.82.